The van der Waals surface area contributed by atoms with Gasteiger partial charge in [0, 0.05) is 25.7 Å². The van der Waals surface area contributed by atoms with E-state index in [1.165, 1.54) is 244 Å². The molecule has 0 radical (unpaired) electrons. The Kier molecular flexibility index (Phi) is 72.5. The van der Waals surface area contributed by atoms with Gasteiger partial charge in [0.05, 0.1) is 26.4 Å². The van der Waals surface area contributed by atoms with E-state index < -0.39 is 97.5 Å². The third kappa shape index (κ3) is 73.0. The van der Waals surface area contributed by atoms with Gasteiger partial charge >= 0.3 is 39.5 Å². The standard InChI is InChI=1S/C81H158O17P2/c1-6-10-13-16-19-21-23-25-27-29-31-33-35-37-39-41-43-45-47-50-56-61-66-80(85)97-76(71-92-79(84)65-60-55-49-46-44-42-40-38-36-34-32-30-28-26-24-22-20-17-14-11-7-2)72-95-99(87,88)93-68-75(82)69-94-100(89,90)96-73-77(70-91-78(83)64-59-54-48-18-15-12-8-3)98-81(86)67-62-57-52-51-53-58-63-74(5)9-4/h74-77,82H,6-73H2,1-5H3,(H,87,88)(H,89,90)/t74?,75-,76-,77-/m1/s1. The van der Waals surface area contributed by atoms with E-state index in [0.717, 1.165) is 109 Å². The zero-order valence-corrected chi connectivity index (χ0v) is 67.1. The summed E-state index contributed by atoms with van der Waals surface area (Å²) in [7, 11) is -9.91. The maximum absolute atomic E-state index is 13.1. The van der Waals surface area contributed by atoms with Crippen LogP contribution in [0.2, 0.25) is 0 Å². The number of aliphatic hydroxyl groups excluding tert-OH is 1. The number of hydrogen-bond donors (Lipinski definition) is 3. The number of phosphoric ester groups is 2. The summed E-state index contributed by atoms with van der Waals surface area (Å²) in [4.78, 5) is 72.8. The fourth-order valence-corrected chi connectivity index (χ4v) is 14.1. The zero-order chi connectivity index (χ0) is 73.4. The highest BCUT2D eigenvalue weighted by Gasteiger charge is 2.30. The van der Waals surface area contributed by atoms with Gasteiger partial charge in [-0.2, -0.15) is 0 Å². The monoisotopic (exact) mass is 1470 g/mol. The largest absolute Gasteiger partial charge is 0.472 e. The van der Waals surface area contributed by atoms with Crippen molar-refractivity contribution in [1.82, 2.24) is 0 Å². The van der Waals surface area contributed by atoms with Crippen molar-refractivity contribution >= 4 is 39.5 Å². The summed E-state index contributed by atoms with van der Waals surface area (Å²) in [6.45, 7) is 7.22. The molecule has 0 aromatic rings. The molecule has 0 aliphatic rings. The van der Waals surface area contributed by atoms with Crippen LogP contribution in [0.1, 0.15) is 433 Å². The number of carbonyl (C=O) groups excluding carboxylic acids is 4. The van der Waals surface area contributed by atoms with Crippen LogP contribution in [0, 0.1) is 5.92 Å². The SMILES string of the molecule is CCCCCCCCCCCCCCCCCCCCCCCCC(=O)O[C@H](COC(=O)CCCCCCCCCCCCCCCCCCCCCCC)COP(=O)(O)OC[C@@H](O)COP(=O)(O)OC[C@@H](COC(=O)CCCCCCCCC)OC(=O)CCCCCCCCC(C)CC. The smallest absolute Gasteiger partial charge is 0.462 e. The molecule has 19 heteroatoms. The molecule has 3 N–H and O–H groups in total. The van der Waals surface area contributed by atoms with Gasteiger partial charge in [-0.3, -0.25) is 37.3 Å². The molecular formula is C81H158O17P2. The number of ether oxygens (including phenoxy) is 4. The van der Waals surface area contributed by atoms with E-state index in [-0.39, 0.29) is 25.7 Å². The topological polar surface area (TPSA) is 237 Å². The second-order valence-electron chi connectivity index (χ2n) is 29.4. The quantitative estimate of drug-likeness (QED) is 0.0222. The van der Waals surface area contributed by atoms with Gasteiger partial charge in [0.2, 0.25) is 0 Å². The van der Waals surface area contributed by atoms with Crippen LogP contribution in [0.3, 0.4) is 0 Å². The van der Waals surface area contributed by atoms with Crippen LogP contribution in [0.4, 0.5) is 0 Å². The fourth-order valence-electron chi connectivity index (χ4n) is 12.6. The molecule has 0 aliphatic heterocycles. The highest BCUT2D eigenvalue weighted by Crippen LogP contribution is 2.45. The first-order valence-electron chi connectivity index (χ1n) is 42.2. The molecule has 0 spiro atoms. The van der Waals surface area contributed by atoms with Crippen LogP contribution in [0.25, 0.3) is 0 Å². The molecule has 0 bridgehead atoms. The highest BCUT2D eigenvalue weighted by atomic mass is 31.2. The lowest BCUT2D eigenvalue weighted by molar-refractivity contribution is -0.161. The molecule has 594 valence electrons. The van der Waals surface area contributed by atoms with Crippen molar-refractivity contribution in [2.24, 2.45) is 5.92 Å². The minimum absolute atomic E-state index is 0.103. The van der Waals surface area contributed by atoms with E-state index in [9.17, 15) is 43.2 Å². The minimum Gasteiger partial charge on any atom is -0.462 e. The predicted molar refractivity (Wildman–Crippen MR) is 409 cm³/mol. The molecule has 0 aromatic carbocycles. The summed E-state index contributed by atoms with van der Waals surface area (Å²) in [6.07, 6.45) is 65.8. The zero-order valence-electron chi connectivity index (χ0n) is 65.3. The lowest BCUT2D eigenvalue weighted by atomic mass is 10.00. The van der Waals surface area contributed by atoms with Crippen LogP contribution in [-0.2, 0) is 65.4 Å². The summed E-state index contributed by atoms with van der Waals surface area (Å²) in [5.41, 5.74) is 0. The van der Waals surface area contributed by atoms with Crippen molar-refractivity contribution in [2.45, 2.75) is 451 Å². The maximum atomic E-state index is 13.1. The number of rotatable bonds is 81. The van der Waals surface area contributed by atoms with Gasteiger partial charge in [-0.25, -0.2) is 9.13 Å². The molecule has 0 heterocycles. The number of hydrogen-bond acceptors (Lipinski definition) is 15. The molecule has 6 atom stereocenters. The molecule has 0 saturated carbocycles. The Morgan fingerprint density at radius 2 is 0.480 bits per heavy atom. The Bertz CT molecular complexity index is 1910. The summed E-state index contributed by atoms with van der Waals surface area (Å²) >= 11 is 0. The molecular weight excluding hydrogens is 1310 g/mol. The van der Waals surface area contributed by atoms with Crippen molar-refractivity contribution in [3.63, 3.8) is 0 Å². The fraction of sp³-hybridized carbons (Fsp3) is 0.951. The van der Waals surface area contributed by atoms with Crippen molar-refractivity contribution in [3.8, 4) is 0 Å². The van der Waals surface area contributed by atoms with Gasteiger partial charge in [-0.1, -0.05) is 381 Å². The van der Waals surface area contributed by atoms with Gasteiger partial charge in [0.25, 0.3) is 0 Å². The lowest BCUT2D eigenvalue weighted by Crippen LogP contribution is -2.30. The van der Waals surface area contributed by atoms with Crippen molar-refractivity contribution in [1.29, 1.82) is 0 Å². The summed E-state index contributed by atoms with van der Waals surface area (Å²) in [5, 5.41) is 10.6. The van der Waals surface area contributed by atoms with Crippen LogP contribution in [-0.4, -0.2) is 96.7 Å². The molecule has 0 amide bonds. The first kappa shape index (κ1) is 98.1. The van der Waals surface area contributed by atoms with Gasteiger partial charge < -0.3 is 33.8 Å². The van der Waals surface area contributed by atoms with E-state index >= 15 is 0 Å². The number of carbonyl (C=O) groups is 4. The number of aliphatic hydroxyl groups is 1. The molecule has 0 saturated heterocycles. The average Bonchev–Trinajstić information content (AvgIpc) is 0.987. The Morgan fingerprint density at radius 1 is 0.280 bits per heavy atom. The normalized spacial score (nSPS) is 14.1. The lowest BCUT2D eigenvalue weighted by Gasteiger charge is -2.21. The second-order valence-corrected chi connectivity index (χ2v) is 32.3. The van der Waals surface area contributed by atoms with E-state index in [4.69, 9.17) is 37.0 Å². The predicted octanol–water partition coefficient (Wildman–Crippen LogP) is 24.4. The maximum Gasteiger partial charge on any atom is 0.472 e. The van der Waals surface area contributed by atoms with Gasteiger partial charge in [0.1, 0.15) is 19.3 Å². The van der Waals surface area contributed by atoms with E-state index in [0.29, 0.717) is 25.7 Å². The summed E-state index contributed by atoms with van der Waals surface area (Å²) in [6, 6.07) is 0. The number of phosphoric acid groups is 2. The van der Waals surface area contributed by atoms with Crippen molar-refractivity contribution in [2.75, 3.05) is 39.6 Å². The van der Waals surface area contributed by atoms with E-state index in [2.05, 4.69) is 34.6 Å². The molecule has 0 aromatic heterocycles. The molecule has 0 aliphatic carbocycles. The summed E-state index contributed by atoms with van der Waals surface area (Å²) < 4.78 is 68.5. The second kappa shape index (κ2) is 73.9. The van der Waals surface area contributed by atoms with Crippen molar-refractivity contribution in [3.05, 3.63) is 0 Å². The minimum atomic E-state index is -4.96. The number of unbranched alkanes of at least 4 members (excludes halogenated alkanes) is 52. The third-order valence-electron chi connectivity index (χ3n) is 19.4. The van der Waals surface area contributed by atoms with Crippen LogP contribution in [0.5, 0.6) is 0 Å². The first-order chi connectivity index (χ1) is 48.6. The van der Waals surface area contributed by atoms with Gasteiger partial charge in [-0.15, -0.1) is 0 Å². The third-order valence-corrected chi connectivity index (χ3v) is 21.3. The highest BCUT2D eigenvalue weighted by molar-refractivity contribution is 7.47. The molecule has 100 heavy (non-hydrogen) atoms. The molecule has 17 nitrogen and oxygen atoms in total. The Labute approximate surface area is 613 Å². The van der Waals surface area contributed by atoms with E-state index in [1.54, 1.807) is 0 Å². The average molecular weight is 1470 g/mol. The summed E-state index contributed by atoms with van der Waals surface area (Å²) in [5.74, 6) is -1.40. The van der Waals surface area contributed by atoms with Gasteiger partial charge in [0.15, 0.2) is 12.2 Å². The van der Waals surface area contributed by atoms with Crippen LogP contribution in [0.15, 0.2) is 0 Å². The molecule has 0 rings (SSSR count). The first-order valence-corrected chi connectivity index (χ1v) is 45.2. The van der Waals surface area contributed by atoms with Gasteiger partial charge in [-0.05, 0) is 31.6 Å². The Balaban J connectivity index is 5.12. The number of esters is 4. The molecule has 3 unspecified atom stereocenters. The Hall–Kier alpha value is -1.94. The molecule has 0 fully saturated rings. The van der Waals surface area contributed by atoms with Crippen molar-refractivity contribution < 1.29 is 80.2 Å². The Morgan fingerprint density at radius 3 is 0.710 bits per heavy atom. The van der Waals surface area contributed by atoms with Crippen LogP contribution < -0.4 is 0 Å². The van der Waals surface area contributed by atoms with Crippen LogP contribution >= 0.6 is 15.6 Å². The van der Waals surface area contributed by atoms with E-state index in [1.807, 2.05) is 0 Å².